The molecule has 3 atom stereocenters. The minimum absolute atomic E-state index is 0.0710. The van der Waals surface area contributed by atoms with Gasteiger partial charge >= 0.3 is 0 Å². The molecule has 2 rings (SSSR count). The zero-order valence-electron chi connectivity index (χ0n) is 11.6. The highest BCUT2D eigenvalue weighted by atomic mass is 16.7. The van der Waals surface area contributed by atoms with Crippen LogP contribution in [0.2, 0.25) is 0 Å². The molecular formula is C15H20O4. The van der Waals surface area contributed by atoms with Crippen LogP contribution in [0.15, 0.2) is 24.3 Å². The molecule has 1 heterocycles. The van der Waals surface area contributed by atoms with E-state index in [0.717, 1.165) is 17.7 Å². The number of rotatable bonds is 4. The number of methoxy groups -OCH3 is 1. The lowest BCUT2D eigenvalue weighted by Crippen LogP contribution is -2.34. The van der Waals surface area contributed by atoms with Gasteiger partial charge in [0.2, 0.25) is 0 Å². The standard InChI is InChI=1S/C15H20O4/c1-10(11(2)16)14-8-9-18-15(19-14)12-4-6-13(17-3)7-5-12/h4-7,10,14-15H,8-9H2,1-3H3/t10-,14+,15+/m0/s1. The Bertz CT molecular complexity index is 426. The average Bonchev–Trinajstić information content (AvgIpc) is 2.46. The number of ether oxygens (including phenoxy) is 3. The van der Waals surface area contributed by atoms with Gasteiger partial charge in [-0.15, -0.1) is 0 Å². The smallest absolute Gasteiger partial charge is 0.184 e. The van der Waals surface area contributed by atoms with E-state index in [1.54, 1.807) is 14.0 Å². The van der Waals surface area contributed by atoms with E-state index in [9.17, 15) is 4.79 Å². The molecule has 4 nitrogen and oxygen atoms in total. The van der Waals surface area contributed by atoms with Gasteiger partial charge in [0.25, 0.3) is 0 Å². The summed E-state index contributed by atoms with van der Waals surface area (Å²) in [5.74, 6) is 0.859. The molecule has 1 saturated heterocycles. The molecule has 1 aromatic rings. The molecule has 0 bridgehead atoms. The summed E-state index contributed by atoms with van der Waals surface area (Å²) < 4.78 is 16.6. The van der Waals surface area contributed by atoms with Crippen molar-refractivity contribution in [1.29, 1.82) is 0 Å². The molecule has 4 heteroatoms. The van der Waals surface area contributed by atoms with Crippen molar-refractivity contribution in [2.45, 2.75) is 32.7 Å². The van der Waals surface area contributed by atoms with Gasteiger partial charge in [0.15, 0.2) is 6.29 Å². The Labute approximate surface area is 113 Å². The van der Waals surface area contributed by atoms with Crippen molar-refractivity contribution in [2.75, 3.05) is 13.7 Å². The highest BCUT2D eigenvalue weighted by molar-refractivity contribution is 5.78. The molecule has 19 heavy (non-hydrogen) atoms. The average molecular weight is 264 g/mol. The van der Waals surface area contributed by atoms with Crippen LogP contribution in [-0.2, 0) is 14.3 Å². The monoisotopic (exact) mass is 264 g/mol. The number of ketones is 1. The molecule has 1 aliphatic heterocycles. The van der Waals surface area contributed by atoms with Crippen molar-refractivity contribution in [2.24, 2.45) is 5.92 Å². The highest BCUT2D eigenvalue weighted by Crippen LogP contribution is 2.30. The van der Waals surface area contributed by atoms with Gasteiger partial charge in [-0.2, -0.15) is 0 Å². The van der Waals surface area contributed by atoms with E-state index in [4.69, 9.17) is 14.2 Å². The number of Topliss-reactive ketones (excluding diaryl/α,β-unsaturated/α-hetero) is 1. The van der Waals surface area contributed by atoms with Crippen LogP contribution >= 0.6 is 0 Å². The van der Waals surface area contributed by atoms with Crippen LogP contribution in [0.5, 0.6) is 5.75 Å². The highest BCUT2D eigenvalue weighted by Gasteiger charge is 2.30. The van der Waals surface area contributed by atoms with Crippen molar-refractivity contribution >= 4 is 5.78 Å². The first-order valence-corrected chi connectivity index (χ1v) is 6.53. The SMILES string of the molecule is COc1ccc([C@@H]2OCC[C@H]([C@@H](C)C(C)=O)O2)cc1. The predicted molar refractivity (Wildman–Crippen MR) is 71.0 cm³/mol. The van der Waals surface area contributed by atoms with Gasteiger partial charge in [-0.3, -0.25) is 4.79 Å². The molecule has 1 aliphatic rings. The molecule has 1 fully saturated rings. The van der Waals surface area contributed by atoms with Gasteiger partial charge in [-0.1, -0.05) is 19.1 Å². The van der Waals surface area contributed by atoms with Crippen molar-refractivity contribution in [3.63, 3.8) is 0 Å². The summed E-state index contributed by atoms with van der Waals surface area (Å²) in [6, 6.07) is 7.59. The van der Waals surface area contributed by atoms with Gasteiger partial charge in [0.05, 0.1) is 19.8 Å². The first kappa shape index (κ1) is 14.0. The second-order valence-corrected chi connectivity index (χ2v) is 4.84. The predicted octanol–water partition coefficient (Wildman–Crippen LogP) is 2.72. The molecule has 0 radical (unpaired) electrons. The molecule has 0 aromatic heterocycles. The van der Waals surface area contributed by atoms with E-state index in [1.165, 1.54) is 0 Å². The molecule has 0 spiro atoms. The second kappa shape index (κ2) is 6.17. The van der Waals surface area contributed by atoms with Crippen molar-refractivity contribution < 1.29 is 19.0 Å². The molecule has 0 amide bonds. The number of carbonyl (C=O) groups is 1. The minimum Gasteiger partial charge on any atom is -0.497 e. The van der Waals surface area contributed by atoms with E-state index >= 15 is 0 Å². The Hall–Kier alpha value is -1.39. The Morgan fingerprint density at radius 2 is 2.05 bits per heavy atom. The van der Waals surface area contributed by atoms with Gasteiger partial charge in [-0.25, -0.2) is 0 Å². The third-order valence-corrected chi connectivity index (χ3v) is 3.56. The van der Waals surface area contributed by atoms with Crippen LogP contribution in [-0.4, -0.2) is 25.6 Å². The summed E-state index contributed by atoms with van der Waals surface area (Å²) in [6.45, 7) is 4.12. The quantitative estimate of drug-likeness (QED) is 0.838. The molecular weight excluding hydrogens is 244 g/mol. The van der Waals surface area contributed by atoms with Crippen molar-refractivity contribution in [3.05, 3.63) is 29.8 Å². The van der Waals surface area contributed by atoms with Crippen LogP contribution in [0.1, 0.15) is 32.1 Å². The van der Waals surface area contributed by atoms with Crippen LogP contribution in [0.25, 0.3) is 0 Å². The lowest BCUT2D eigenvalue weighted by Gasteiger charge is -2.33. The third kappa shape index (κ3) is 3.33. The largest absolute Gasteiger partial charge is 0.497 e. The summed E-state index contributed by atoms with van der Waals surface area (Å²) in [5, 5.41) is 0. The van der Waals surface area contributed by atoms with Crippen molar-refractivity contribution in [1.82, 2.24) is 0 Å². The lowest BCUT2D eigenvalue weighted by molar-refractivity contribution is -0.226. The molecule has 0 aliphatic carbocycles. The van der Waals surface area contributed by atoms with Gasteiger partial charge < -0.3 is 14.2 Å². The lowest BCUT2D eigenvalue weighted by atomic mass is 9.97. The fourth-order valence-corrected chi connectivity index (χ4v) is 2.12. The Morgan fingerprint density at radius 3 is 2.63 bits per heavy atom. The number of carbonyl (C=O) groups excluding carboxylic acids is 1. The summed E-state index contributed by atoms with van der Waals surface area (Å²) in [7, 11) is 1.63. The van der Waals surface area contributed by atoms with Crippen LogP contribution in [0, 0.1) is 5.92 Å². The fourth-order valence-electron chi connectivity index (χ4n) is 2.12. The molecule has 0 unspecified atom stereocenters. The summed E-state index contributed by atoms with van der Waals surface area (Å²) in [4.78, 5) is 11.4. The third-order valence-electron chi connectivity index (χ3n) is 3.56. The fraction of sp³-hybridized carbons (Fsp3) is 0.533. The van der Waals surface area contributed by atoms with E-state index < -0.39 is 6.29 Å². The van der Waals surface area contributed by atoms with E-state index in [1.807, 2.05) is 31.2 Å². The molecule has 1 aromatic carbocycles. The minimum atomic E-state index is -0.397. The molecule has 104 valence electrons. The number of benzene rings is 1. The maximum atomic E-state index is 11.4. The van der Waals surface area contributed by atoms with Crippen molar-refractivity contribution in [3.8, 4) is 5.75 Å². The van der Waals surface area contributed by atoms with Crippen LogP contribution < -0.4 is 4.74 Å². The topological polar surface area (TPSA) is 44.8 Å². The first-order chi connectivity index (χ1) is 9.11. The molecule has 0 saturated carbocycles. The second-order valence-electron chi connectivity index (χ2n) is 4.84. The van der Waals surface area contributed by atoms with Crippen LogP contribution in [0.4, 0.5) is 0 Å². The maximum absolute atomic E-state index is 11.4. The zero-order valence-corrected chi connectivity index (χ0v) is 11.6. The zero-order chi connectivity index (χ0) is 13.8. The Kier molecular flexibility index (Phi) is 4.56. The summed E-state index contributed by atoms with van der Waals surface area (Å²) >= 11 is 0. The van der Waals surface area contributed by atoms with E-state index in [2.05, 4.69) is 0 Å². The van der Waals surface area contributed by atoms with Crippen LogP contribution in [0.3, 0.4) is 0 Å². The summed E-state index contributed by atoms with van der Waals surface area (Å²) in [6.07, 6.45) is 0.290. The van der Waals surface area contributed by atoms with Gasteiger partial charge in [0, 0.05) is 11.5 Å². The maximum Gasteiger partial charge on any atom is 0.184 e. The first-order valence-electron chi connectivity index (χ1n) is 6.53. The number of hydrogen-bond acceptors (Lipinski definition) is 4. The number of hydrogen-bond donors (Lipinski definition) is 0. The van der Waals surface area contributed by atoms with E-state index in [0.29, 0.717) is 6.61 Å². The van der Waals surface area contributed by atoms with E-state index in [-0.39, 0.29) is 17.8 Å². The van der Waals surface area contributed by atoms with Gasteiger partial charge in [-0.05, 0) is 25.5 Å². The summed E-state index contributed by atoms with van der Waals surface area (Å²) in [5.41, 5.74) is 0.946. The van der Waals surface area contributed by atoms with Gasteiger partial charge in [0.1, 0.15) is 11.5 Å². The molecule has 0 N–H and O–H groups in total. The Morgan fingerprint density at radius 1 is 1.37 bits per heavy atom. The Balaban J connectivity index is 2.05. The normalized spacial score (nSPS) is 24.8.